The van der Waals surface area contributed by atoms with Crippen LogP contribution in [0.25, 0.3) is 0 Å². The number of hydrogen-bond acceptors (Lipinski definition) is 5. The molecule has 8 heteroatoms. The Kier molecular flexibility index (Phi) is 5.69. The van der Waals surface area contributed by atoms with Gasteiger partial charge in [0, 0.05) is 37.7 Å². The normalized spacial score (nSPS) is 14.7. The van der Waals surface area contributed by atoms with Crippen LogP contribution in [0.5, 0.6) is 11.5 Å². The number of anilines is 1. The fourth-order valence-corrected chi connectivity index (χ4v) is 3.41. The summed E-state index contributed by atoms with van der Waals surface area (Å²) in [5, 5.41) is 4.67. The number of rotatable bonds is 4. The highest BCUT2D eigenvalue weighted by atomic mass is 35.5. The van der Waals surface area contributed by atoms with Crippen molar-refractivity contribution >= 4 is 23.3 Å². The van der Waals surface area contributed by atoms with Crippen LogP contribution in [-0.2, 0) is 6.54 Å². The molecule has 1 aromatic heterocycles. The number of aromatic nitrogens is 2. The van der Waals surface area contributed by atoms with Crippen LogP contribution in [-0.4, -0.2) is 51.8 Å². The largest absolute Gasteiger partial charge is 0.457 e. The third-order valence-corrected chi connectivity index (χ3v) is 5.05. The molecule has 150 valence electrons. The first-order chi connectivity index (χ1) is 14.1. The zero-order valence-electron chi connectivity index (χ0n) is 15.9. The minimum atomic E-state index is -0.139. The number of carbonyl (C=O) groups excluding carboxylic acids is 1. The first-order valence-corrected chi connectivity index (χ1v) is 9.79. The molecular formula is C21H22ClN5O2. The fraction of sp³-hybridized carbons (Fsp3) is 0.238. The number of piperazine rings is 1. The smallest absolute Gasteiger partial charge is 0.344 e. The van der Waals surface area contributed by atoms with Gasteiger partial charge in [0.25, 0.3) is 0 Å². The molecule has 0 bridgehead atoms. The van der Waals surface area contributed by atoms with Crippen LogP contribution in [0.4, 0.5) is 10.5 Å². The van der Waals surface area contributed by atoms with E-state index in [4.69, 9.17) is 22.1 Å². The fourth-order valence-electron chi connectivity index (χ4n) is 3.29. The predicted molar refractivity (Wildman–Crippen MR) is 112 cm³/mol. The molecule has 4 rings (SSSR count). The first kappa shape index (κ1) is 19.3. The molecule has 0 aliphatic carbocycles. The Morgan fingerprint density at radius 3 is 2.52 bits per heavy atom. The van der Waals surface area contributed by atoms with E-state index < -0.39 is 0 Å². The lowest BCUT2D eigenvalue weighted by Crippen LogP contribution is -2.49. The van der Waals surface area contributed by atoms with Gasteiger partial charge in [0.05, 0.1) is 18.1 Å². The molecule has 7 nitrogen and oxygen atoms in total. The van der Waals surface area contributed by atoms with E-state index >= 15 is 0 Å². The molecule has 0 saturated carbocycles. The molecule has 0 atom stereocenters. The lowest BCUT2D eigenvalue weighted by atomic mass is 10.2. The summed E-state index contributed by atoms with van der Waals surface area (Å²) < 4.78 is 7.21. The highest BCUT2D eigenvalue weighted by Crippen LogP contribution is 2.24. The lowest BCUT2D eigenvalue weighted by Gasteiger charge is -2.34. The summed E-state index contributed by atoms with van der Waals surface area (Å²) in [6.45, 7) is 3.70. The summed E-state index contributed by atoms with van der Waals surface area (Å²) in [4.78, 5) is 16.6. The SMILES string of the molecule is Nc1cnn(C(=O)N2CCN(Cc3cccc(Oc4ccc(Cl)cc4)c3)CC2)c1. The van der Waals surface area contributed by atoms with Crippen molar-refractivity contribution in [1.29, 1.82) is 0 Å². The number of nitrogens with zero attached hydrogens (tertiary/aromatic N) is 4. The highest BCUT2D eigenvalue weighted by molar-refractivity contribution is 6.30. The van der Waals surface area contributed by atoms with Gasteiger partial charge in [-0.3, -0.25) is 4.90 Å². The third kappa shape index (κ3) is 4.88. The van der Waals surface area contributed by atoms with Gasteiger partial charge >= 0.3 is 6.03 Å². The second kappa shape index (κ2) is 8.55. The molecule has 29 heavy (non-hydrogen) atoms. The van der Waals surface area contributed by atoms with Crippen molar-refractivity contribution in [1.82, 2.24) is 19.6 Å². The molecule has 1 fully saturated rings. The van der Waals surface area contributed by atoms with Crippen molar-refractivity contribution in [3.05, 3.63) is 71.5 Å². The Morgan fingerprint density at radius 1 is 1.07 bits per heavy atom. The van der Waals surface area contributed by atoms with E-state index in [1.807, 2.05) is 30.3 Å². The quantitative estimate of drug-likeness (QED) is 0.708. The van der Waals surface area contributed by atoms with E-state index in [0.29, 0.717) is 23.8 Å². The molecule has 1 aliphatic rings. The summed E-state index contributed by atoms with van der Waals surface area (Å²) in [7, 11) is 0. The molecule has 3 aromatic rings. The second-order valence-electron chi connectivity index (χ2n) is 6.97. The Hall–Kier alpha value is -3.03. The van der Waals surface area contributed by atoms with E-state index in [1.54, 1.807) is 23.2 Å². The Bertz CT molecular complexity index is 981. The third-order valence-electron chi connectivity index (χ3n) is 4.80. The first-order valence-electron chi connectivity index (χ1n) is 9.41. The summed E-state index contributed by atoms with van der Waals surface area (Å²) in [6.07, 6.45) is 3.02. The molecule has 1 amide bonds. The maximum absolute atomic E-state index is 12.4. The zero-order chi connectivity index (χ0) is 20.2. The molecule has 0 spiro atoms. The standard InChI is InChI=1S/C21H22ClN5O2/c22-17-4-6-19(7-5-17)29-20-3-1-2-16(12-20)14-25-8-10-26(11-9-25)21(28)27-15-18(23)13-24-27/h1-7,12-13,15H,8-11,14,23H2. The Balaban J connectivity index is 1.32. The van der Waals surface area contributed by atoms with Gasteiger partial charge in [0.2, 0.25) is 0 Å². The number of nitrogen functional groups attached to an aromatic ring is 1. The van der Waals surface area contributed by atoms with Crippen LogP contribution in [0.1, 0.15) is 5.56 Å². The number of carbonyl (C=O) groups is 1. The van der Waals surface area contributed by atoms with Gasteiger partial charge in [-0.15, -0.1) is 0 Å². The van der Waals surface area contributed by atoms with Crippen LogP contribution in [0, 0.1) is 0 Å². The molecule has 1 saturated heterocycles. The van der Waals surface area contributed by atoms with E-state index in [9.17, 15) is 4.79 Å². The molecular weight excluding hydrogens is 390 g/mol. The highest BCUT2D eigenvalue weighted by Gasteiger charge is 2.22. The topological polar surface area (TPSA) is 76.6 Å². The van der Waals surface area contributed by atoms with Crippen LogP contribution in [0.15, 0.2) is 60.9 Å². The van der Waals surface area contributed by atoms with Crippen molar-refractivity contribution < 1.29 is 9.53 Å². The van der Waals surface area contributed by atoms with Gasteiger partial charge < -0.3 is 15.4 Å². The second-order valence-corrected chi connectivity index (χ2v) is 7.40. The van der Waals surface area contributed by atoms with Crippen LogP contribution < -0.4 is 10.5 Å². The van der Waals surface area contributed by atoms with Crippen molar-refractivity contribution in [3.63, 3.8) is 0 Å². The Labute approximate surface area is 174 Å². The summed E-state index contributed by atoms with van der Waals surface area (Å²) in [5.74, 6) is 1.54. The molecule has 2 aromatic carbocycles. The van der Waals surface area contributed by atoms with Crippen LogP contribution in [0.2, 0.25) is 5.02 Å². The number of halogens is 1. The maximum Gasteiger partial charge on any atom is 0.344 e. The number of ether oxygens (including phenoxy) is 1. The van der Waals surface area contributed by atoms with E-state index in [-0.39, 0.29) is 6.03 Å². The minimum Gasteiger partial charge on any atom is -0.457 e. The van der Waals surface area contributed by atoms with Crippen molar-refractivity contribution in [2.75, 3.05) is 31.9 Å². The minimum absolute atomic E-state index is 0.139. The number of amides is 1. The Morgan fingerprint density at radius 2 is 1.83 bits per heavy atom. The summed E-state index contributed by atoms with van der Waals surface area (Å²) in [6, 6.07) is 15.2. The van der Waals surface area contributed by atoms with Crippen LogP contribution >= 0.6 is 11.6 Å². The summed E-state index contributed by atoms with van der Waals surface area (Å²) in [5.41, 5.74) is 7.29. The number of hydrogen-bond donors (Lipinski definition) is 1. The van der Waals surface area contributed by atoms with Gasteiger partial charge in [-0.25, -0.2) is 4.79 Å². The monoisotopic (exact) mass is 411 g/mol. The maximum atomic E-state index is 12.4. The predicted octanol–water partition coefficient (Wildman–Crippen LogP) is 3.70. The molecule has 2 heterocycles. The van der Waals surface area contributed by atoms with Gasteiger partial charge in [-0.2, -0.15) is 9.78 Å². The van der Waals surface area contributed by atoms with E-state index in [1.165, 1.54) is 10.9 Å². The molecule has 0 unspecified atom stereocenters. The number of benzene rings is 2. The van der Waals surface area contributed by atoms with Crippen molar-refractivity contribution in [2.24, 2.45) is 0 Å². The zero-order valence-corrected chi connectivity index (χ0v) is 16.6. The number of nitrogens with two attached hydrogens (primary N) is 1. The average molecular weight is 412 g/mol. The van der Waals surface area contributed by atoms with Crippen molar-refractivity contribution in [2.45, 2.75) is 6.54 Å². The van der Waals surface area contributed by atoms with Crippen molar-refractivity contribution in [3.8, 4) is 11.5 Å². The lowest BCUT2D eigenvalue weighted by molar-refractivity contribution is 0.134. The van der Waals surface area contributed by atoms with E-state index in [2.05, 4.69) is 16.1 Å². The van der Waals surface area contributed by atoms with Gasteiger partial charge in [0.15, 0.2) is 0 Å². The average Bonchev–Trinajstić information content (AvgIpc) is 3.16. The molecule has 2 N–H and O–H groups in total. The van der Waals surface area contributed by atoms with Gasteiger partial charge in [-0.05, 0) is 42.0 Å². The summed E-state index contributed by atoms with van der Waals surface area (Å²) >= 11 is 5.92. The van der Waals surface area contributed by atoms with Gasteiger partial charge in [0.1, 0.15) is 11.5 Å². The molecule has 0 radical (unpaired) electrons. The van der Waals surface area contributed by atoms with Crippen LogP contribution in [0.3, 0.4) is 0 Å². The van der Waals surface area contributed by atoms with Gasteiger partial charge in [-0.1, -0.05) is 23.7 Å². The van der Waals surface area contributed by atoms with E-state index in [0.717, 1.165) is 36.7 Å². The molecule has 1 aliphatic heterocycles.